The molecular weight excluding hydrogens is 370 g/mol. The molecule has 0 radical (unpaired) electrons. The van der Waals surface area contributed by atoms with Crippen LogP contribution in [-0.4, -0.2) is 28.2 Å². The monoisotopic (exact) mass is 385 g/mol. The van der Waals surface area contributed by atoms with Gasteiger partial charge in [-0.25, -0.2) is 4.98 Å². The van der Waals surface area contributed by atoms with Crippen molar-refractivity contribution in [1.82, 2.24) is 9.88 Å². The van der Waals surface area contributed by atoms with Gasteiger partial charge < -0.3 is 9.32 Å². The van der Waals surface area contributed by atoms with Crippen molar-refractivity contribution < 1.29 is 14.0 Å². The third-order valence-electron chi connectivity index (χ3n) is 3.94. The number of anilines is 1. The van der Waals surface area contributed by atoms with Gasteiger partial charge in [0.05, 0.1) is 18.5 Å². The molecule has 1 aliphatic rings. The van der Waals surface area contributed by atoms with Crippen LogP contribution >= 0.6 is 22.7 Å². The number of amides is 2. The summed E-state index contributed by atoms with van der Waals surface area (Å²) in [5.41, 5.74) is 0.941. The fourth-order valence-corrected chi connectivity index (χ4v) is 4.29. The zero-order chi connectivity index (χ0) is 17.9. The Balaban J connectivity index is 1.41. The molecule has 0 saturated heterocycles. The highest BCUT2D eigenvalue weighted by atomic mass is 32.1. The van der Waals surface area contributed by atoms with E-state index in [-0.39, 0.29) is 17.6 Å². The molecule has 8 heteroatoms. The first-order valence-electron chi connectivity index (χ1n) is 8.03. The van der Waals surface area contributed by atoms with Gasteiger partial charge in [0.25, 0.3) is 5.91 Å². The van der Waals surface area contributed by atoms with E-state index in [1.165, 1.54) is 17.6 Å². The first-order chi connectivity index (χ1) is 12.7. The Labute approximate surface area is 157 Å². The molecule has 4 rings (SSSR count). The van der Waals surface area contributed by atoms with Crippen molar-refractivity contribution in [2.24, 2.45) is 0 Å². The predicted molar refractivity (Wildman–Crippen MR) is 101 cm³/mol. The van der Waals surface area contributed by atoms with Gasteiger partial charge in [-0.15, -0.1) is 11.3 Å². The van der Waals surface area contributed by atoms with Gasteiger partial charge in [0, 0.05) is 28.8 Å². The Hall–Kier alpha value is -2.71. The Morgan fingerprint density at radius 1 is 1.31 bits per heavy atom. The zero-order valence-electron chi connectivity index (χ0n) is 13.7. The molecule has 0 aromatic carbocycles. The summed E-state index contributed by atoms with van der Waals surface area (Å²) < 4.78 is 5.08. The van der Waals surface area contributed by atoms with Crippen LogP contribution in [0.15, 0.2) is 46.4 Å². The van der Waals surface area contributed by atoms with Gasteiger partial charge in [0.2, 0.25) is 5.91 Å². The number of aromatic nitrogens is 1. The lowest BCUT2D eigenvalue weighted by molar-refractivity contribution is -0.126. The Kier molecular flexibility index (Phi) is 4.68. The third-order valence-corrected chi connectivity index (χ3v) is 5.78. The van der Waals surface area contributed by atoms with E-state index in [0.717, 1.165) is 15.4 Å². The molecule has 3 aromatic heterocycles. The minimum absolute atomic E-state index is 0.0152. The quantitative estimate of drug-likeness (QED) is 0.696. The highest BCUT2D eigenvalue weighted by molar-refractivity contribution is 7.15. The minimum Gasteiger partial charge on any atom is -0.459 e. The summed E-state index contributed by atoms with van der Waals surface area (Å²) in [7, 11) is 0. The molecule has 0 spiro atoms. The van der Waals surface area contributed by atoms with E-state index in [0.29, 0.717) is 24.6 Å². The van der Waals surface area contributed by atoms with E-state index >= 15 is 0 Å². The molecule has 6 nitrogen and oxygen atoms in total. The maximum Gasteiger partial charge on any atom is 0.293 e. The van der Waals surface area contributed by atoms with Crippen LogP contribution in [0.3, 0.4) is 0 Å². The lowest BCUT2D eigenvalue weighted by Gasteiger charge is -2.24. The number of hydrogen-bond donors (Lipinski definition) is 1. The Morgan fingerprint density at radius 2 is 2.23 bits per heavy atom. The summed E-state index contributed by atoms with van der Waals surface area (Å²) in [4.78, 5) is 32.8. The average Bonchev–Trinajstić information content (AvgIpc) is 3.39. The number of fused-ring (bicyclic) bond motifs is 1. The SMILES string of the molecule is O=C(Nc1nc2c(s1)CN(C(=O)C=Cc1cccs1)CC2)c1ccco1. The number of carbonyl (C=O) groups is 2. The molecule has 0 aliphatic carbocycles. The highest BCUT2D eigenvalue weighted by Crippen LogP contribution is 2.29. The number of carbonyl (C=O) groups excluding carboxylic acids is 2. The van der Waals surface area contributed by atoms with Crippen LogP contribution in [-0.2, 0) is 17.8 Å². The summed E-state index contributed by atoms with van der Waals surface area (Å²) in [5, 5.41) is 5.25. The van der Waals surface area contributed by atoms with E-state index in [2.05, 4.69) is 10.3 Å². The van der Waals surface area contributed by atoms with Gasteiger partial charge in [0.15, 0.2) is 10.9 Å². The predicted octanol–water partition coefficient (Wildman–Crippen LogP) is 3.65. The van der Waals surface area contributed by atoms with Crippen molar-refractivity contribution in [3.8, 4) is 0 Å². The summed E-state index contributed by atoms with van der Waals surface area (Å²) in [5.74, 6) is -0.0970. The van der Waals surface area contributed by atoms with Gasteiger partial charge in [-0.05, 0) is 29.7 Å². The zero-order valence-corrected chi connectivity index (χ0v) is 15.3. The fourth-order valence-electron chi connectivity index (χ4n) is 2.65. The molecule has 26 heavy (non-hydrogen) atoms. The molecular formula is C18H15N3O3S2. The van der Waals surface area contributed by atoms with Crippen LogP contribution in [0, 0.1) is 0 Å². The van der Waals surface area contributed by atoms with Gasteiger partial charge >= 0.3 is 0 Å². The van der Waals surface area contributed by atoms with Crippen molar-refractivity contribution in [2.45, 2.75) is 13.0 Å². The van der Waals surface area contributed by atoms with E-state index in [9.17, 15) is 9.59 Å². The molecule has 4 heterocycles. The highest BCUT2D eigenvalue weighted by Gasteiger charge is 2.24. The topological polar surface area (TPSA) is 75.4 Å². The normalized spacial score (nSPS) is 13.8. The largest absolute Gasteiger partial charge is 0.459 e. The maximum absolute atomic E-state index is 12.4. The second-order valence-corrected chi connectivity index (χ2v) is 7.74. The second kappa shape index (κ2) is 7.27. The molecule has 0 bridgehead atoms. The van der Waals surface area contributed by atoms with Crippen molar-refractivity contribution in [3.63, 3.8) is 0 Å². The molecule has 0 unspecified atom stereocenters. The number of nitrogens with zero attached hydrogens (tertiary/aromatic N) is 2. The van der Waals surface area contributed by atoms with Crippen LogP contribution in [0.4, 0.5) is 5.13 Å². The average molecular weight is 385 g/mol. The summed E-state index contributed by atoms with van der Waals surface area (Å²) in [6.07, 6.45) is 5.58. The minimum atomic E-state index is -0.326. The number of furan rings is 1. The maximum atomic E-state index is 12.4. The number of thiazole rings is 1. The van der Waals surface area contributed by atoms with Crippen LogP contribution < -0.4 is 5.32 Å². The summed E-state index contributed by atoms with van der Waals surface area (Å²) in [6, 6.07) is 7.19. The van der Waals surface area contributed by atoms with Crippen LogP contribution in [0.25, 0.3) is 6.08 Å². The van der Waals surface area contributed by atoms with Gasteiger partial charge in [-0.3, -0.25) is 14.9 Å². The van der Waals surface area contributed by atoms with Crippen molar-refractivity contribution >= 4 is 45.7 Å². The summed E-state index contributed by atoms with van der Waals surface area (Å²) in [6.45, 7) is 1.13. The standard InChI is InChI=1S/C18H15N3O3S2/c22-16(6-5-12-3-2-10-25-12)21-8-7-13-15(11-21)26-18(19-13)20-17(23)14-4-1-9-24-14/h1-6,9-10H,7-8,11H2,(H,19,20,23). The van der Waals surface area contributed by atoms with Crippen molar-refractivity contribution in [1.29, 1.82) is 0 Å². The fraction of sp³-hybridized carbons (Fsp3) is 0.167. The van der Waals surface area contributed by atoms with Gasteiger partial charge in [-0.2, -0.15) is 0 Å². The number of thiophene rings is 1. The summed E-state index contributed by atoms with van der Waals surface area (Å²) >= 11 is 2.99. The molecule has 0 fully saturated rings. The Bertz CT molecular complexity index is 943. The molecule has 132 valence electrons. The van der Waals surface area contributed by atoms with E-state index in [1.54, 1.807) is 34.4 Å². The van der Waals surface area contributed by atoms with Crippen molar-refractivity contribution in [2.75, 3.05) is 11.9 Å². The lowest BCUT2D eigenvalue weighted by Crippen LogP contribution is -2.34. The van der Waals surface area contributed by atoms with Crippen molar-refractivity contribution in [3.05, 3.63) is 63.2 Å². The van der Waals surface area contributed by atoms with Crippen LogP contribution in [0.1, 0.15) is 26.0 Å². The molecule has 1 aliphatic heterocycles. The van der Waals surface area contributed by atoms with E-state index < -0.39 is 0 Å². The first kappa shape index (κ1) is 16.7. The van der Waals surface area contributed by atoms with E-state index in [4.69, 9.17) is 4.42 Å². The third kappa shape index (κ3) is 3.61. The molecule has 1 N–H and O–H groups in total. The Morgan fingerprint density at radius 3 is 3.00 bits per heavy atom. The smallest absolute Gasteiger partial charge is 0.293 e. The van der Waals surface area contributed by atoms with Gasteiger partial charge in [0.1, 0.15) is 0 Å². The van der Waals surface area contributed by atoms with Crippen LogP contribution in [0.2, 0.25) is 0 Å². The molecule has 2 amide bonds. The second-order valence-electron chi connectivity index (χ2n) is 5.68. The number of rotatable bonds is 4. The first-order valence-corrected chi connectivity index (χ1v) is 9.72. The lowest BCUT2D eigenvalue weighted by atomic mass is 10.2. The van der Waals surface area contributed by atoms with Crippen LogP contribution in [0.5, 0.6) is 0 Å². The molecule has 0 atom stereocenters. The van der Waals surface area contributed by atoms with Gasteiger partial charge in [-0.1, -0.05) is 17.4 Å². The molecule has 3 aromatic rings. The van der Waals surface area contributed by atoms with E-state index in [1.807, 2.05) is 23.6 Å². The number of hydrogen-bond acceptors (Lipinski definition) is 6. The molecule has 0 saturated carbocycles. The number of nitrogens with one attached hydrogen (secondary N) is 1.